The Morgan fingerprint density at radius 2 is 0.553 bits per heavy atom. The Hall–Kier alpha value is -7.02. The Bertz CT molecular complexity index is 2960. The van der Waals surface area contributed by atoms with Gasteiger partial charge in [0, 0.05) is 14.2 Å². The molecule has 0 N–H and O–H groups in total. The van der Waals surface area contributed by atoms with Gasteiger partial charge in [-0.15, -0.1) is 13.2 Å². The van der Waals surface area contributed by atoms with Crippen LogP contribution in [0.15, 0.2) is 268 Å². The molecule has 2 fully saturated rings. The van der Waals surface area contributed by atoms with E-state index in [0.29, 0.717) is 0 Å². The van der Waals surface area contributed by atoms with E-state index in [-0.39, 0.29) is 39.6 Å². The van der Waals surface area contributed by atoms with Crippen molar-refractivity contribution >= 4 is 18.9 Å². The SMILES string of the molecule is C=C[C@@H](O[Si](O[C@H](C=C)[C@H]1O[C@H](OC)[C@H](OCc2ccccc2)[C@@H](OCc2ccccc2)[C@H]1OCc1ccccc1)(c1ccccc1)c1ccccc1)[C@H]1O[C@H](OC)[C@H](OCc2ccccc2)[C@@H](OCc2ccccc2)[C@H]1OCc1ccccc1. The molecule has 8 aromatic rings. The number of rotatable bonds is 30. The molecule has 85 heavy (non-hydrogen) atoms. The second kappa shape index (κ2) is 31.4. The van der Waals surface area contributed by atoms with Gasteiger partial charge in [0.1, 0.15) is 48.8 Å². The van der Waals surface area contributed by atoms with Crippen molar-refractivity contribution in [2.75, 3.05) is 14.2 Å². The predicted molar refractivity (Wildman–Crippen MR) is 330 cm³/mol. The van der Waals surface area contributed by atoms with Crippen molar-refractivity contribution in [3.05, 3.63) is 301 Å². The summed E-state index contributed by atoms with van der Waals surface area (Å²) in [4.78, 5) is 0. The molecular weight excluding hydrogens is 1080 g/mol. The fourth-order valence-corrected chi connectivity index (χ4v) is 14.4. The topological polar surface area (TPSA) is 111 Å². The normalized spacial score (nSPS) is 23.1. The van der Waals surface area contributed by atoms with Gasteiger partial charge in [-0.3, -0.25) is 0 Å². The van der Waals surface area contributed by atoms with Crippen molar-refractivity contribution in [3.63, 3.8) is 0 Å². The third-order valence-electron chi connectivity index (χ3n) is 15.3. The first kappa shape index (κ1) is 61.1. The van der Waals surface area contributed by atoms with E-state index in [9.17, 15) is 0 Å². The van der Waals surface area contributed by atoms with Crippen LogP contribution in [0.1, 0.15) is 33.4 Å². The van der Waals surface area contributed by atoms with Gasteiger partial charge in [0.15, 0.2) is 12.6 Å². The summed E-state index contributed by atoms with van der Waals surface area (Å²) in [5.74, 6) is 0. The zero-order valence-electron chi connectivity index (χ0n) is 48.2. The van der Waals surface area contributed by atoms with Crippen LogP contribution in [0.2, 0.25) is 0 Å². The van der Waals surface area contributed by atoms with Gasteiger partial charge in [-0.25, -0.2) is 0 Å². The van der Waals surface area contributed by atoms with Crippen LogP contribution in [0.25, 0.3) is 0 Å². The van der Waals surface area contributed by atoms with Crippen LogP contribution in [0.3, 0.4) is 0 Å². The summed E-state index contributed by atoms with van der Waals surface area (Å²) in [6.07, 6.45) is -6.99. The van der Waals surface area contributed by atoms with Gasteiger partial charge in [-0.05, 0) is 43.8 Å². The highest BCUT2D eigenvalue weighted by molar-refractivity contribution is 6.92. The third-order valence-corrected chi connectivity index (χ3v) is 18.7. The van der Waals surface area contributed by atoms with Gasteiger partial charge in [0.2, 0.25) is 0 Å². The number of ether oxygens (including phenoxy) is 10. The van der Waals surface area contributed by atoms with Crippen molar-refractivity contribution in [1.29, 1.82) is 0 Å². The van der Waals surface area contributed by atoms with Crippen LogP contribution in [0, 0.1) is 0 Å². The molecule has 0 amide bonds. The second-order valence-corrected chi connectivity index (χ2v) is 23.8. The molecule has 0 radical (unpaired) electrons. The van der Waals surface area contributed by atoms with Gasteiger partial charge in [0.05, 0.1) is 51.8 Å². The molecule has 0 saturated carbocycles. The van der Waals surface area contributed by atoms with Gasteiger partial charge in [0.25, 0.3) is 0 Å². The minimum Gasteiger partial charge on any atom is -0.378 e. The summed E-state index contributed by atoms with van der Waals surface area (Å²) >= 11 is 0. The molecule has 2 heterocycles. The van der Waals surface area contributed by atoms with Gasteiger partial charge >= 0.3 is 8.56 Å². The van der Waals surface area contributed by atoms with Crippen LogP contribution in [0.5, 0.6) is 0 Å². The van der Waals surface area contributed by atoms with E-state index in [1.807, 2.05) is 243 Å². The maximum Gasteiger partial charge on any atom is 0.408 e. The highest BCUT2D eigenvalue weighted by atomic mass is 28.4. The molecule has 0 unspecified atom stereocenters. The molecule has 8 aromatic carbocycles. The van der Waals surface area contributed by atoms with Crippen LogP contribution in [-0.4, -0.2) is 96.4 Å². The monoisotopic (exact) mass is 1160 g/mol. The molecule has 13 heteroatoms. The maximum atomic E-state index is 7.94. The van der Waals surface area contributed by atoms with Crippen molar-refractivity contribution in [1.82, 2.24) is 0 Å². The van der Waals surface area contributed by atoms with Crippen molar-refractivity contribution < 1.29 is 56.2 Å². The molecular formula is C72H76O12Si. The first-order chi connectivity index (χ1) is 42.0. The average molecular weight is 1160 g/mol. The third kappa shape index (κ3) is 15.9. The lowest BCUT2D eigenvalue weighted by Gasteiger charge is -2.50. The maximum absolute atomic E-state index is 7.94. The summed E-state index contributed by atoms with van der Waals surface area (Å²) in [6, 6.07) is 80.1. The van der Waals surface area contributed by atoms with E-state index >= 15 is 0 Å². The van der Waals surface area contributed by atoms with E-state index < -0.39 is 82.2 Å². The second-order valence-electron chi connectivity index (χ2n) is 21.0. The number of benzene rings is 8. The Morgan fingerprint density at radius 1 is 0.329 bits per heavy atom. The van der Waals surface area contributed by atoms with Crippen LogP contribution in [0.4, 0.5) is 0 Å². The molecule has 2 aliphatic heterocycles. The van der Waals surface area contributed by atoms with E-state index in [1.165, 1.54) is 0 Å². The lowest BCUT2D eigenvalue weighted by molar-refractivity contribution is -0.328. The van der Waals surface area contributed by atoms with Gasteiger partial charge < -0.3 is 56.2 Å². The number of methoxy groups -OCH3 is 2. The molecule has 12 atom stereocenters. The highest BCUT2D eigenvalue weighted by Gasteiger charge is 2.57. The Morgan fingerprint density at radius 3 is 0.788 bits per heavy atom. The Balaban J connectivity index is 1.07. The summed E-state index contributed by atoms with van der Waals surface area (Å²) in [7, 11) is -0.944. The smallest absolute Gasteiger partial charge is 0.378 e. The summed E-state index contributed by atoms with van der Waals surface area (Å²) in [6.45, 7) is 10.4. The predicted octanol–water partition coefficient (Wildman–Crippen LogP) is 11.6. The fourth-order valence-electron chi connectivity index (χ4n) is 11.0. The van der Waals surface area contributed by atoms with E-state index in [1.54, 1.807) is 26.4 Å². The lowest BCUT2D eigenvalue weighted by Crippen LogP contribution is -2.71. The summed E-state index contributed by atoms with van der Waals surface area (Å²) in [5.41, 5.74) is 5.79. The zero-order chi connectivity index (χ0) is 58.5. The highest BCUT2D eigenvalue weighted by Crippen LogP contribution is 2.37. The van der Waals surface area contributed by atoms with Crippen molar-refractivity contribution in [2.45, 2.75) is 113 Å². The van der Waals surface area contributed by atoms with E-state index in [2.05, 4.69) is 13.2 Å². The van der Waals surface area contributed by atoms with E-state index in [0.717, 1.165) is 43.8 Å². The zero-order valence-corrected chi connectivity index (χ0v) is 49.2. The molecule has 0 bridgehead atoms. The molecule has 440 valence electrons. The molecule has 0 aliphatic carbocycles. The molecule has 2 saturated heterocycles. The summed E-state index contributed by atoms with van der Waals surface area (Å²) in [5, 5.41) is 1.56. The van der Waals surface area contributed by atoms with Crippen molar-refractivity contribution in [2.24, 2.45) is 0 Å². The Labute approximate surface area is 501 Å². The fraction of sp³-hybridized carbons (Fsp3) is 0.278. The van der Waals surface area contributed by atoms with Gasteiger partial charge in [-0.2, -0.15) is 0 Å². The average Bonchev–Trinajstić information content (AvgIpc) is 1.49. The number of hydrogen-bond donors (Lipinski definition) is 0. The Kier molecular flexibility index (Phi) is 22.6. The van der Waals surface area contributed by atoms with Crippen LogP contribution < -0.4 is 10.4 Å². The van der Waals surface area contributed by atoms with Crippen LogP contribution >= 0.6 is 0 Å². The first-order valence-electron chi connectivity index (χ1n) is 29.0. The standard InChI is InChI=1S/C72H76O12Si/c1-5-61(63-65(75-47-53-31-15-7-16-32-53)67(77-49-55-35-19-9-20-36-55)69(71(73-3)81-63)79-51-57-39-23-11-24-40-57)83-85(59-43-27-13-28-44-59,60-45-29-14-30-46-60)84-62(6-2)64-66(76-48-54-33-17-8-18-34-54)68(78-50-56-37-21-10-22-38-56)70(72(74-4)82-64)80-52-58-41-25-12-26-42-58/h5-46,61-72H,1-2,47-52H2,3-4H3/t61-,62-,63-,64-,65+,66+,67+,68+,69-,70-,71+,72+/m1/s1. The minimum atomic E-state index is -4.16. The largest absolute Gasteiger partial charge is 0.408 e. The van der Waals surface area contributed by atoms with Crippen molar-refractivity contribution in [3.8, 4) is 0 Å². The molecule has 2 aliphatic rings. The quantitative estimate of drug-likeness (QED) is 0.0316. The molecule has 10 rings (SSSR count). The molecule has 0 aromatic heterocycles. The molecule has 12 nitrogen and oxygen atoms in total. The minimum absolute atomic E-state index is 0.214. The van der Waals surface area contributed by atoms with Gasteiger partial charge in [-0.1, -0.05) is 255 Å². The van der Waals surface area contributed by atoms with E-state index in [4.69, 9.17) is 56.2 Å². The number of hydrogen-bond acceptors (Lipinski definition) is 12. The first-order valence-corrected chi connectivity index (χ1v) is 30.8. The molecule has 0 spiro atoms. The lowest BCUT2D eigenvalue weighted by atomic mass is 9.94. The summed E-state index contributed by atoms with van der Waals surface area (Å²) < 4.78 is 85.1. The van der Waals surface area contributed by atoms with Crippen LogP contribution in [-0.2, 0) is 95.9 Å².